The maximum absolute atomic E-state index is 14.4. The fourth-order valence-electron chi connectivity index (χ4n) is 2.84. The van der Waals surface area contributed by atoms with Gasteiger partial charge in [0, 0.05) is 11.3 Å². The molecular weight excluding hydrogens is 332 g/mol. The summed E-state index contributed by atoms with van der Waals surface area (Å²) in [4.78, 5) is 12.6. The average Bonchev–Trinajstić information content (AvgIpc) is 3.04. The molecule has 1 aromatic carbocycles. The minimum atomic E-state index is -1.01. The second-order valence-corrected chi connectivity index (χ2v) is 5.50. The van der Waals surface area contributed by atoms with Crippen LogP contribution in [-0.4, -0.2) is 32.8 Å². The van der Waals surface area contributed by atoms with Gasteiger partial charge >= 0.3 is 5.97 Å². The number of halogens is 2. The van der Waals surface area contributed by atoms with Crippen LogP contribution >= 0.6 is 0 Å². The average molecular weight is 349 g/mol. The number of anilines is 1. The number of hydrogen-bond acceptors (Lipinski definition) is 6. The van der Waals surface area contributed by atoms with Gasteiger partial charge in [-0.2, -0.15) is 4.68 Å². The van der Waals surface area contributed by atoms with Gasteiger partial charge in [-0.3, -0.25) is 0 Å². The Morgan fingerprint density at radius 3 is 2.88 bits per heavy atom. The van der Waals surface area contributed by atoms with E-state index in [1.54, 1.807) is 6.92 Å². The van der Waals surface area contributed by atoms with Gasteiger partial charge < -0.3 is 10.1 Å². The number of carbonyl (C=O) groups excluding carboxylic acids is 1. The second-order valence-electron chi connectivity index (χ2n) is 5.50. The lowest BCUT2D eigenvalue weighted by Crippen LogP contribution is -2.31. The van der Waals surface area contributed by atoms with E-state index in [2.05, 4.69) is 20.8 Å². The lowest BCUT2D eigenvalue weighted by atomic mass is 9.93. The molecule has 132 valence electrons. The summed E-state index contributed by atoms with van der Waals surface area (Å²) < 4.78 is 34.6. The third-order valence-electron chi connectivity index (χ3n) is 3.85. The minimum absolute atomic E-state index is 0.0355. The number of nitrogens with one attached hydrogen (secondary N) is 1. The molecule has 0 radical (unpaired) electrons. The summed E-state index contributed by atoms with van der Waals surface area (Å²) in [7, 11) is 0. The first-order chi connectivity index (χ1) is 12.1. The lowest BCUT2D eigenvalue weighted by molar-refractivity contribution is -0.139. The highest BCUT2D eigenvalue weighted by Gasteiger charge is 2.37. The molecule has 0 amide bonds. The minimum Gasteiger partial charge on any atom is -0.463 e. The van der Waals surface area contributed by atoms with Crippen LogP contribution < -0.4 is 5.32 Å². The number of carbonyl (C=O) groups is 1. The predicted octanol–water partition coefficient (Wildman–Crippen LogP) is 2.58. The Hall–Kier alpha value is -2.84. The van der Waals surface area contributed by atoms with Crippen molar-refractivity contribution in [1.29, 1.82) is 0 Å². The van der Waals surface area contributed by atoms with Crippen LogP contribution in [0.5, 0.6) is 0 Å². The number of benzene rings is 1. The van der Waals surface area contributed by atoms with Gasteiger partial charge in [0.25, 0.3) is 0 Å². The van der Waals surface area contributed by atoms with Crippen molar-refractivity contribution in [2.75, 3.05) is 11.9 Å². The molecule has 0 fully saturated rings. The molecule has 1 aliphatic heterocycles. The Kier molecular flexibility index (Phi) is 4.73. The van der Waals surface area contributed by atoms with Crippen LogP contribution in [0.3, 0.4) is 0 Å². The summed E-state index contributed by atoms with van der Waals surface area (Å²) in [5.74, 6) is -1.64. The molecule has 1 N–H and O–H groups in total. The van der Waals surface area contributed by atoms with E-state index in [1.165, 1.54) is 4.68 Å². The molecule has 2 aromatic rings. The maximum Gasteiger partial charge on any atom is 0.338 e. The van der Waals surface area contributed by atoms with Crippen LogP contribution in [0, 0.1) is 11.6 Å². The molecular formula is C16H17F2N5O2. The third-order valence-corrected chi connectivity index (χ3v) is 3.85. The van der Waals surface area contributed by atoms with Crippen molar-refractivity contribution in [1.82, 2.24) is 20.2 Å². The normalized spacial score (nSPS) is 16.4. The predicted molar refractivity (Wildman–Crippen MR) is 84.5 cm³/mol. The number of allylic oxidation sites excluding steroid dienone is 1. The number of aromatic nitrogens is 4. The van der Waals surface area contributed by atoms with E-state index in [0.29, 0.717) is 12.1 Å². The van der Waals surface area contributed by atoms with E-state index in [0.717, 1.165) is 24.6 Å². The maximum atomic E-state index is 14.4. The third kappa shape index (κ3) is 3.09. The van der Waals surface area contributed by atoms with Gasteiger partial charge in [-0.15, -0.1) is 0 Å². The smallest absolute Gasteiger partial charge is 0.338 e. The molecule has 1 atom stereocenters. The molecule has 0 aliphatic carbocycles. The Labute approximate surface area is 142 Å². The van der Waals surface area contributed by atoms with Gasteiger partial charge in [-0.05, 0) is 42.0 Å². The summed E-state index contributed by atoms with van der Waals surface area (Å²) in [6.45, 7) is 3.77. The van der Waals surface area contributed by atoms with Crippen molar-refractivity contribution in [3.8, 4) is 0 Å². The zero-order chi connectivity index (χ0) is 18.0. The van der Waals surface area contributed by atoms with Crippen LogP contribution in [0.15, 0.2) is 29.5 Å². The summed E-state index contributed by atoms with van der Waals surface area (Å²) in [5, 5.41) is 14.2. The van der Waals surface area contributed by atoms with Crippen molar-refractivity contribution >= 4 is 11.9 Å². The molecule has 0 bridgehead atoms. The molecule has 1 unspecified atom stereocenters. The number of nitrogens with zero attached hydrogens (tertiary/aromatic N) is 4. The first kappa shape index (κ1) is 17.0. The number of esters is 1. The van der Waals surface area contributed by atoms with Crippen molar-refractivity contribution in [2.24, 2.45) is 0 Å². The van der Waals surface area contributed by atoms with Crippen molar-refractivity contribution in [2.45, 2.75) is 32.7 Å². The van der Waals surface area contributed by atoms with Gasteiger partial charge in [0.15, 0.2) is 0 Å². The Balaban J connectivity index is 2.22. The largest absolute Gasteiger partial charge is 0.463 e. The topological polar surface area (TPSA) is 81.9 Å². The Morgan fingerprint density at radius 2 is 2.16 bits per heavy atom. The monoisotopic (exact) mass is 349 g/mol. The quantitative estimate of drug-likeness (QED) is 0.836. The molecule has 9 heteroatoms. The SMILES string of the molecule is CCCC1=C(C(=O)OCC)C(c2cc(F)ccc2F)n2nnnc2N1. The van der Waals surface area contributed by atoms with Crippen molar-refractivity contribution in [3.05, 3.63) is 46.7 Å². The molecule has 25 heavy (non-hydrogen) atoms. The number of rotatable bonds is 5. The van der Waals surface area contributed by atoms with Crippen LogP contribution in [0.2, 0.25) is 0 Å². The zero-order valence-electron chi connectivity index (χ0n) is 13.8. The van der Waals surface area contributed by atoms with Gasteiger partial charge in [0.05, 0.1) is 12.2 Å². The van der Waals surface area contributed by atoms with E-state index in [4.69, 9.17) is 4.74 Å². The zero-order valence-corrected chi connectivity index (χ0v) is 13.8. The van der Waals surface area contributed by atoms with E-state index < -0.39 is 23.6 Å². The van der Waals surface area contributed by atoms with Crippen LogP contribution in [0.25, 0.3) is 0 Å². The van der Waals surface area contributed by atoms with Gasteiger partial charge in [-0.25, -0.2) is 13.6 Å². The van der Waals surface area contributed by atoms with Crippen LogP contribution in [0.4, 0.5) is 14.7 Å². The van der Waals surface area contributed by atoms with Crippen molar-refractivity contribution in [3.63, 3.8) is 0 Å². The summed E-state index contributed by atoms with van der Waals surface area (Å²) in [5.41, 5.74) is 0.677. The first-order valence-electron chi connectivity index (χ1n) is 7.96. The van der Waals surface area contributed by atoms with Gasteiger partial charge in [-0.1, -0.05) is 18.4 Å². The highest BCUT2D eigenvalue weighted by atomic mass is 19.1. The number of tetrazole rings is 1. The number of fused-ring (bicyclic) bond motifs is 1. The van der Waals surface area contributed by atoms with E-state index in [1.807, 2.05) is 6.92 Å². The van der Waals surface area contributed by atoms with Gasteiger partial charge in [0.2, 0.25) is 5.95 Å². The molecule has 0 saturated heterocycles. The molecule has 2 heterocycles. The van der Waals surface area contributed by atoms with Crippen LogP contribution in [-0.2, 0) is 9.53 Å². The van der Waals surface area contributed by atoms with E-state index in [-0.39, 0.29) is 23.7 Å². The van der Waals surface area contributed by atoms with Crippen molar-refractivity contribution < 1.29 is 18.3 Å². The fraction of sp³-hybridized carbons (Fsp3) is 0.375. The highest BCUT2D eigenvalue weighted by Crippen LogP contribution is 2.37. The Bertz CT molecular complexity index is 834. The molecule has 3 rings (SSSR count). The van der Waals surface area contributed by atoms with Gasteiger partial charge in [0.1, 0.15) is 17.7 Å². The highest BCUT2D eigenvalue weighted by molar-refractivity contribution is 5.92. The summed E-state index contributed by atoms with van der Waals surface area (Å²) >= 11 is 0. The summed E-state index contributed by atoms with van der Waals surface area (Å²) in [6, 6.07) is 2.06. The van der Waals surface area contributed by atoms with E-state index >= 15 is 0 Å². The first-order valence-corrected chi connectivity index (χ1v) is 7.96. The lowest BCUT2D eigenvalue weighted by Gasteiger charge is -2.28. The molecule has 0 saturated carbocycles. The van der Waals surface area contributed by atoms with Crippen LogP contribution in [0.1, 0.15) is 38.3 Å². The summed E-state index contributed by atoms with van der Waals surface area (Å²) in [6.07, 6.45) is 1.24. The Morgan fingerprint density at radius 1 is 1.36 bits per heavy atom. The molecule has 0 spiro atoms. The second kappa shape index (κ2) is 6.96. The standard InChI is InChI=1S/C16H17F2N5O2/c1-3-5-12-13(15(24)25-4-2)14(23-16(19-12)20-21-22-23)10-8-9(17)6-7-11(10)18/h6-8,14H,3-5H2,1-2H3,(H,19,20,22). The molecule has 1 aromatic heterocycles. The number of ether oxygens (including phenoxy) is 1. The fourth-order valence-corrected chi connectivity index (χ4v) is 2.84. The molecule has 7 nitrogen and oxygen atoms in total. The number of hydrogen-bond donors (Lipinski definition) is 1. The van der Waals surface area contributed by atoms with E-state index in [9.17, 15) is 13.6 Å². The molecule has 1 aliphatic rings.